The molecule has 1 aromatic rings. The number of esters is 1. The van der Waals surface area contributed by atoms with Crippen LogP contribution in [-0.4, -0.2) is 45.2 Å². The van der Waals surface area contributed by atoms with Crippen LogP contribution in [0.4, 0.5) is 0 Å². The van der Waals surface area contributed by atoms with Gasteiger partial charge in [-0.2, -0.15) is 0 Å². The Bertz CT molecular complexity index is 742. The molecule has 1 aromatic heterocycles. The number of carbonyl (C=O) groups excluding carboxylic acids is 1. The van der Waals surface area contributed by atoms with Crippen molar-refractivity contribution >= 4 is 29.1 Å². The summed E-state index contributed by atoms with van der Waals surface area (Å²) in [6.45, 7) is 4.11. The van der Waals surface area contributed by atoms with Crippen LogP contribution in [0.1, 0.15) is 88.5 Å². The minimum Gasteiger partial charge on any atom is -0.461 e. The summed E-state index contributed by atoms with van der Waals surface area (Å²) in [5.41, 5.74) is -0.260. The van der Waals surface area contributed by atoms with E-state index in [1.54, 1.807) is 24.1 Å². The second-order valence-electron chi connectivity index (χ2n) is 9.67. The third kappa shape index (κ3) is 7.86. The molecule has 2 aliphatic carbocycles. The van der Waals surface area contributed by atoms with Crippen LogP contribution in [0, 0.1) is 17.8 Å². The van der Waals surface area contributed by atoms with Crippen molar-refractivity contribution in [3.63, 3.8) is 0 Å². The molecule has 0 aliphatic heterocycles. The van der Waals surface area contributed by atoms with Crippen LogP contribution in [0.3, 0.4) is 0 Å². The Balaban J connectivity index is 1.44. The van der Waals surface area contributed by atoms with Gasteiger partial charge in [0.1, 0.15) is 0 Å². The average molecular weight is 482 g/mol. The van der Waals surface area contributed by atoms with Crippen molar-refractivity contribution in [2.45, 2.75) is 94.1 Å². The zero-order chi connectivity index (χ0) is 23.0. The summed E-state index contributed by atoms with van der Waals surface area (Å²) >= 11 is 3.10. The molecular formula is C25H39NO4S2. The van der Waals surface area contributed by atoms with E-state index in [1.165, 1.54) is 43.4 Å². The third-order valence-corrected chi connectivity index (χ3v) is 8.93. The SMILES string of the molecule is CCOC(=O)c1csc(SCC[C@H]2[C@@H](O)CC[C@@H]2C=CC[C@@](C)(O)CC2CCCCC2)n1. The lowest BCUT2D eigenvalue weighted by Crippen LogP contribution is -2.28. The largest absolute Gasteiger partial charge is 0.461 e. The van der Waals surface area contributed by atoms with E-state index < -0.39 is 5.60 Å². The number of aliphatic hydroxyl groups excluding tert-OH is 1. The molecule has 2 saturated carbocycles. The summed E-state index contributed by atoms with van der Waals surface area (Å²) in [5.74, 6) is 1.77. The Morgan fingerprint density at radius 3 is 2.84 bits per heavy atom. The number of rotatable bonds is 11. The number of nitrogens with zero attached hydrogens (tertiary/aromatic N) is 1. The highest BCUT2D eigenvalue weighted by molar-refractivity contribution is 8.01. The molecule has 32 heavy (non-hydrogen) atoms. The lowest BCUT2D eigenvalue weighted by molar-refractivity contribution is 0.0302. The maximum atomic E-state index is 11.8. The fraction of sp³-hybridized carbons (Fsp3) is 0.760. The topological polar surface area (TPSA) is 79.7 Å². The van der Waals surface area contributed by atoms with Crippen molar-refractivity contribution in [1.82, 2.24) is 4.98 Å². The van der Waals surface area contributed by atoms with Crippen LogP contribution < -0.4 is 0 Å². The average Bonchev–Trinajstić information content (AvgIpc) is 3.36. The molecular weight excluding hydrogens is 442 g/mol. The van der Waals surface area contributed by atoms with Gasteiger partial charge in [-0.15, -0.1) is 11.3 Å². The number of carbonyl (C=O) groups is 1. The van der Waals surface area contributed by atoms with Gasteiger partial charge in [-0.3, -0.25) is 0 Å². The molecule has 2 fully saturated rings. The quantitative estimate of drug-likeness (QED) is 0.234. The van der Waals surface area contributed by atoms with E-state index in [1.807, 2.05) is 6.92 Å². The monoisotopic (exact) mass is 481 g/mol. The molecule has 180 valence electrons. The van der Waals surface area contributed by atoms with Gasteiger partial charge in [0.15, 0.2) is 10.0 Å². The lowest BCUT2D eigenvalue weighted by atomic mass is 9.80. The standard InChI is InChI=1S/C25H39NO4S2/c1-3-30-23(28)21-17-32-24(26-21)31-15-13-20-19(11-12-22(20)27)10-7-14-25(2,29)16-18-8-5-4-6-9-18/h7,10,17-20,22,27,29H,3-6,8-9,11-16H2,1-2H3/t19-,20+,22-,25+/m0/s1. The second-order valence-corrected chi connectivity index (χ2v) is 11.9. The maximum absolute atomic E-state index is 11.8. The summed E-state index contributed by atoms with van der Waals surface area (Å²) in [7, 11) is 0. The van der Waals surface area contributed by atoms with Gasteiger partial charge in [0, 0.05) is 11.1 Å². The van der Waals surface area contributed by atoms with Crippen LogP contribution in [0.2, 0.25) is 0 Å². The minimum atomic E-state index is -0.636. The van der Waals surface area contributed by atoms with E-state index in [4.69, 9.17) is 4.74 Å². The number of allylic oxidation sites excluding steroid dienone is 1. The van der Waals surface area contributed by atoms with E-state index >= 15 is 0 Å². The Kier molecular flexibility index (Phi) is 10.1. The van der Waals surface area contributed by atoms with E-state index in [0.29, 0.717) is 30.6 Å². The molecule has 0 saturated heterocycles. The summed E-state index contributed by atoms with van der Waals surface area (Å²) in [6, 6.07) is 0. The van der Waals surface area contributed by atoms with Crippen molar-refractivity contribution < 1.29 is 19.7 Å². The Morgan fingerprint density at radius 2 is 2.09 bits per heavy atom. The summed E-state index contributed by atoms with van der Waals surface area (Å²) in [4.78, 5) is 16.1. The van der Waals surface area contributed by atoms with Gasteiger partial charge in [0.25, 0.3) is 0 Å². The molecule has 4 atom stereocenters. The summed E-state index contributed by atoms with van der Waals surface area (Å²) in [5, 5.41) is 23.1. The number of ether oxygens (including phenoxy) is 1. The van der Waals surface area contributed by atoms with Crippen molar-refractivity contribution in [1.29, 1.82) is 0 Å². The number of thioether (sulfide) groups is 1. The van der Waals surface area contributed by atoms with Gasteiger partial charge in [0.2, 0.25) is 0 Å². The number of aliphatic hydroxyl groups is 2. The van der Waals surface area contributed by atoms with E-state index in [-0.39, 0.29) is 18.0 Å². The summed E-state index contributed by atoms with van der Waals surface area (Å²) < 4.78 is 5.86. The number of hydrogen-bond acceptors (Lipinski definition) is 7. The second kappa shape index (κ2) is 12.5. The first-order valence-electron chi connectivity index (χ1n) is 12.2. The van der Waals surface area contributed by atoms with Gasteiger partial charge < -0.3 is 14.9 Å². The molecule has 2 aliphatic rings. The van der Waals surface area contributed by atoms with E-state index in [0.717, 1.165) is 35.8 Å². The first-order valence-corrected chi connectivity index (χ1v) is 14.1. The van der Waals surface area contributed by atoms with Gasteiger partial charge >= 0.3 is 5.97 Å². The molecule has 5 nitrogen and oxygen atoms in total. The van der Waals surface area contributed by atoms with Crippen LogP contribution in [0.15, 0.2) is 21.9 Å². The van der Waals surface area contributed by atoms with Crippen LogP contribution >= 0.6 is 23.1 Å². The first kappa shape index (κ1) is 25.7. The van der Waals surface area contributed by atoms with Crippen LogP contribution in [-0.2, 0) is 4.74 Å². The van der Waals surface area contributed by atoms with E-state index in [2.05, 4.69) is 17.1 Å². The zero-order valence-electron chi connectivity index (χ0n) is 19.5. The fourth-order valence-electron chi connectivity index (χ4n) is 5.22. The Labute approximate surface area is 201 Å². The molecule has 2 N–H and O–H groups in total. The summed E-state index contributed by atoms with van der Waals surface area (Å²) in [6.07, 6.45) is 14.9. The first-order chi connectivity index (χ1) is 15.4. The van der Waals surface area contributed by atoms with Crippen molar-refractivity contribution in [2.75, 3.05) is 12.4 Å². The molecule has 0 amide bonds. The fourth-order valence-corrected chi connectivity index (χ4v) is 7.13. The molecule has 3 rings (SSSR count). The highest BCUT2D eigenvalue weighted by atomic mass is 32.2. The molecule has 0 spiro atoms. The zero-order valence-corrected chi connectivity index (χ0v) is 21.1. The normalized spacial score (nSPS) is 26.4. The van der Waals surface area contributed by atoms with Crippen LogP contribution in [0.5, 0.6) is 0 Å². The lowest BCUT2D eigenvalue weighted by Gasteiger charge is -2.30. The smallest absolute Gasteiger partial charge is 0.357 e. The Morgan fingerprint density at radius 1 is 1.31 bits per heavy atom. The number of thiazole rings is 1. The predicted molar refractivity (Wildman–Crippen MR) is 131 cm³/mol. The minimum absolute atomic E-state index is 0.242. The van der Waals surface area contributed by atoms with Gasteiger partial charge in [-0.25, -0.2) is 9.78 Å². The molecule has 7 heteroatoms. The van der Waals surface area contributed by atoms with Gasteiger partial charge in [-0.05, 0) is 63.7 Å². The molecule has 1 heterocycles. The van der Waals surface area contributed by atoms with Gasteiger partial charge in [-0.1, -0.05) is 56.0 Å². The van der Waals surface area contributed by atoms with E-state index in [9.17, 15) is 15.0 Å². The van der Waals surface area contributed by atoms with Gasteiger partial charge in [0.05, 0.1) is 18.3 Å². The molecule has 0 unspecified atom stereocenters. The highest BCUT2D eigenvalue weighted by Gasteiger charge is 2.33. The van der Waals surface area contributed by atoms with Crippen LogP contribution in [0.25, 0.3) is 0 Å². The van der Waals surface area contributed by atoms with Crippen molar-refractivity contribution in [2.24, 2.45) is 17.8 Å². The third-order valence-electron chi connectivity index (χ3n) is 6.88. The molecule has 0 radical (unpaired) electrons. The van der Waals surface area contributed by atoms with Crippen molar-refractivity contribution in [3.8, 4) is 0 Å². The highest BCUT2D eigenvalue weighted by Crippen LogP contribution is 2.38. The molecule has 0 aromatic carbocycles. The number of hydrogen-bond donors (Lipinski definition) is 2. The number of aromatic nitrogens is 1. The molecule has 0 bridgehead atoms. The van der Waals surface area contributed by atoms with Crippen molar-refractivity contribution in [3.05, 3.63) is 23.2 Å². The predicted octanol–water partition coefficient (Wildman–Crippen LogP) is 5.86. The maximum Gasteiger partial charge on any atom is 0.357 e. The Hall–Kier alpha value is -0.890.